The molecule has 1 aliphatic carbocycles. The van der Waals surface area contributed by atoms with Gasteiger partial charge in [-0.3, -0.25) is 0 Å². The fourth-order valence-electron chi connectivity index (χ4n) is 2.91. The Kier molecular flexibility index (Phi) is 3.22. The van der Waals surface area contributed by atoms with Gasteiger partial charge in [0.1, 0.15) is 11.6 Å². The van der Waals surface area contributed by atoms with Gasteiger partial charge in [0.05, 0.1) is 0 Å². The quantitative estimate of drug-likeness (QED) is 0.856. The van der Waals surface area contributed by atoms with E-state index in [4.69, 9.17) is 5.73 Å². The van der Waals surface area contributed by atoms with Crippen molar-refractivity contribution in [3.8, 4) is 0 Å². The second-order valence-corrected chi connectivity index (χ2v) is 6.58. The van der Waals surface area contributed by atoms with Crippen molar-refractivity contribution in [2.24, 2.45) is 17.1 Å². The Morgan fingerprint density at radius 3 is 2.33 bits per heavy atom. The van der Waals surface area contributed by atoms with Gasteiger partial charge in [-0.2, -0.15) is 0 Å². The SMILES string of the molecule is CC(C)(C)C1CC(CN)(c2ccc(F)cc2F)C1. The zero-order chi connectivity index (χ0) is 13.6. The molecule has 1 aromatic carbocycles. The first-order valence-electron chi connectivity index (χ1n) is 6.44. The van der Waals surface area contributed by atoms with Crippen LogP contribution in [0.2, 0.25) is 0 Å². The van der Waals surface area contributed by atoms with Gasteiger partial charge in [0.15, 0.2) is 0 Å². The average molecular weight is 253 g/mol. The molecule has 0 bridgehead atoms. The van der Waals surface area contributed by atoms with Gasteiger partial charge in [-0.15, -0.1) is 0 Å². The first kappa shape index (κ1) is 13.5. The summed E-state index contributed by atoms with van der Waals surface area (Å²) in [6, 6.07) is 3.83. The van der Waals surface area contributed by atoms with Gasteiger partial charge >= 0.3 is 0 Å². The van der Waals surface area contributed by atoms with Crippen LogP contribution in [0.5, 0.6) is 0 Å². The lowest BCUT2D eigenvalue weighted by atomic mass is 9.52. The largest absolute Gasteiger partial charge is 0.330 e. The third kappa shape index (κ3) is 2.16. The monoisotopic (exact) mass is 253 g/mol. The average Bonchev–Trinajstić information content (AvgIpc) is 2.17. The van der Waals surface area contributed by atoms with Crippen LogP contribution in [0.3, 0.4) is 0 Å². The van der Waals surface area contributed by atoms with E-state index in [1.54, 1.807) is 6.07 Å². The second kappa shape index (κ2) is 4.30. The lowest BCUT2D eigenvalue weighted by molar-refractivity contribution is 0.0481. The zero-order valence-electron chi connectivity index (χ0n) is 11.3. The molecule has 1 aliphatic rings. The van der Waals surface area contributed by atoms with Crippen molar-refractivity contribution in [2.45, 2.75) is 39.0 Å². The summed E-state index contributed by atoms with van der Waals surface area (Å²) in [6.45, 7) is 7.00. The third-order valence-corrected chi connectivity index (χ3v) is 4.39. The third-order valence-electron chi connectivity index (χ3n) is 4.39. The highest BCUT2D eigenvalue weighted by Crippen LogP contribution is 2.54. The standard InChI is InChI=1S/C15H21F2N/c1-14(2,3)10-7-15(8-10,9-18)12-5-4-11(16)6-13(12)17/h4-6,10H,7-9,18H2,1-3H3. The van der Waals surface area contributed by atoms with E-state index >= 15 is 0 Å². The molecule has 3 heteroatoms. The summed E-state index contributed by atoms with van der Waals surface area (Å²) in [5, 5.41) is 0. The molecular weight excluding hydrogens is 232 g/mol. The van der Waals surface area contributed by atoms with Crippen LogP contribution in [0.4, 0.5) is 8.78 Å². The first-order valence-corrected chi connectivity index (χ1v) is 6.44. The molecule has 0 heterocycles. The number of hydrogen-bond acceptors (Lipinski definition) is 1. The second-order valence-electron chi connectivity index (χ2n) is 6.58. The minimum absolute atomic E-state index is 0.217. The van der Waals surface area contributed by atoms with Crippen molar-refractivity contribution >= 4 is 0 Å². The number of rotatable bonds is 2. The summed E-state index contributed by atoms with van der Waals surface area (Å²) in [4.78, 5) is 0. The molecule has 0 spiro atoms. The van der Waals surface area contributed by atoms with Crippen LogP contribution < -0.4 is 5.73 Å². The van der Waals surface area contributed by atoms with E-state index in [2.05, 4.69) is 20.8 Å². The molecule has 1 nitrogen and oxygen atoms in total. The van der Waals surface area contributed by atoms with Crippen LogP contribution in [0.1, 0.15) is 39.2 Å². The van der Waals surface area contributed by atoms with Crippen molar-refractivity contribution < 1.29 is 8.78 Å². The van der Waals surface area contributed by atoms with E-state index in [1.807, 2.05) is 0 Å². The van der Waals surface area contributed by atoms with Crippen molar-refractivity contribution in [1.82, 2.24) is 0 Å². The van der Waals surface area contributed by atoms with E-state index < -0.39 is 11.6 Å². The van der Waals surface area contributed by atoms with Gasteiger partial charge in [0.2, 0.25) is 0 Å². The first-order chi connectivity index (χ1) is 8.28. The highest BCUT2D eigenvalue weighted by Gasteiger charge is 2.49. The summed E-state index contributed by atoms with van der Waals surface area (Å²) in [7, 11) is 0. The molecule has 18 heavy (non-hydrogen) atoms. The maximum absolute atomic E-state index is 13.9. The molecule has 0 unspecified atom stereocenters. The summed E-state index contributed by atoms with van der Waals surface area (Å²) in [6.07, 6.45) is 1.77. The van der Waals surface area contributed by atoms with E-state index in [-0.39, 0.29) is 10.8 Å². The van der Waals surface area contributed by atoms with Gasteiger partial charge in [0, 0.05) is 18.0 Å². The van der Waals surface area contributed by atoms with Gasteiger partial charge < -0.3 is 5.73 Å². The predicted molar refractivity (Wildman–Crippen MR) is 69.3 cm³/mol. The molecule has 1 fully saturated rings. The Balaban J connectivity index is 2.26. The maximum atomic E-state index is 13.9. The molecule has 2 rings (SSSR count). The van der Waals surface area contributed by atoms with Crippen molar-refractivity contribution in [2.75, 3.05) is 6.54 Å². The highest BCUT2D eigenvalue weighted by molar-refractivity contribution is 5.32. The summed E-state index contributed by atoms with van der Waals surface area (Å²) < 4.78 is 26.8. The fraction of sp³-hybridized carbons (Fsp3) is 0.600. The van der Waals surface area contributed by atoms with Crippen molar-refractivity contribution in [3.63, 3.8) is 0 Å². The molecule has 0 radical (unpaired) electrons. The lowest BCUT2D eigenvalue weighted by Crippen LogP contribution is -2.51. The molecule has 2 N–H and O–H groups in total. The van der Waals surface area contributed by atoms with Crippen LogP contribution in [-0.2, 0) is 5.41 Å². The molecule has 1 aromatic rings. The summed E-state index contributed by atoms with van der Waals surface area (Å²) in [5.74, 6) is -0.451. The molecular formula is C15H21F2N. The van der Waals surface area contributed by atoms with E-state index in [9.17, 15) is 8.78 Å². The molecule has 100 valence electrons. The van der Waals surface area contributed by atoms with Crippen LogP contribution in [-0.4, -0.2) is 6.54 Å². The zero-order valence-corrected chi connectivity index (χ0v) is 11.3. The summed E-state index contributed by atoms with van der Waals surface area (Å²) in [5.41, 5.74) is 6.35. The van der Waals surface area contributed by atoms with Gasteiger partial charge in [0.25, 0.3) is 0 Å². The van der Waals surface area contributed by atoms with Crippen LogP contribution in [0, 0.1) is 23.0 Å². The Morgan fingerprint density at radius 2 is 1.89 bits per heavy atom. The van der Waals surface area contributed by atoms with Crippen molar-refractivity contribution in [1.29, 1.82) is 0 Å². The van der Waals surface area contributed by atoms with E-state index in [1.165, 1.54) is 6.07 Å². The minimum Gasteiger partial charge on any atom is -0.330 e. The molecule has 0 saturated heterocycles. The van der Waals surface area contributed by atoms with Crippen LogP contribution in [0.15, 0.2) is 18.2 Å². The van der Waals surface area contributed by atoms with Gasteiger partial charge in [-0.1, -0.05) is 26.8 Å². The van der Waals surface area contributed by atoms with E-state index in [0.29, 0.717) is 18.0 Å². The molecule has 1 saturated carbocycles. The molecule has 0 aliphatic heterocycles. The van der Waals surface area contributed by atoms with Crippen LogP contribution in [0.25, 0.3) is 0 Å². The Morgan fingerprint density at radius 1 is 1.28 bits per heavy atom. The van der Waals surface area contributed by atoms with Crippen LogP contribution >= 0.6 is 0 Å². The Bertz CT molecular complexity index is 442. The van der Waals surface area contributed by atoms with Gasteiger partial charge in [-0.25, -0.2) is 8.78 Å². The Hall–Kier alpha value is -0.960. The number of benzene rings is 1. The number of halogens is 2. The minimum atomic E-state index is -0.532. The van der Waals surface area contributed by atoms with Gasteiger partial charge in [-0.05, 0) is 35.8 Å². The molecule has 0 amide bonds. The normalized spacial score (nSPS) is 28.0. The van der Waals surface area contributed by atoms with Crippen molar-refractivity contribution in [3.05, 3.63) is 35.4 Å². The highest BCUT2D eigenvalue weighted by atomic mass is 19.1. The Labute approximate surface area is 107 Å². The lowest BCUT2D eigenvalue weighted by Gasteiger charge is -2.53. The van der Waals surface area contributed by atoms with E-state index in [0.717, 1.165) is 18.9 Å². The fourth-order valence-corrected chi connectivity index (χ4v) is 2.91. The summed E-state index contributed by atoms with van der Waals surface area (Å²) >= 11 is 0. The molecule has 0 aromatic heterocycles. The molecule has 0 atom stereocenters. The maximum Gasteiger partial charge on any atom is 0.129 e. The number of nitrogens with two attached hydrogens (primary N) is 1. The number of hydrogen-bond donors (Lipinski definition) is 1. The smallest absolute Gasteiger partial charge is 0.129 e. The topological polar surface area (TPSA) is 26.0 Å². The predicted octanol–water partition coefficient (Wildman–Crippen LogP) is 3.62.